The number of nitrogens with one attached hydrogen (secondary N) is 1. The SMILES string of the molecule is Cc1cccc(-c2noc(Cn3c(=O)[nH]c4cc5c(cc4c3=O)OCO5)n2)c1. The molecule has 0 unspecified atom stereocenters. The maximum atomic E-state index is 12.8. The van der Waals surface area contributed by atoms with Crippen LogP contribution >= 0.6 is 0 Å². The van der Waals surface area contributed by atoms with Crippen LogP contribution in [0.15, 0.2) is 50.5 Å². The van der Waals surface area contributed by atoms with Gasteiger partial charge in [-0.15, -0.1) is 0 Å². The molecular weight excluding hydrogens is 364 g/mol. The Morgan fingerprint density at radius 3 is 2.79 bits per heavy atom. The van der Waals surface area contributed by atoms with Gasteiger partial charge in [-0.2, -0.15) is 4.98 Å². The lowest BCUT2D eigenvalue weighted by Gasteiger charge is -2.05. The normalized spacial score (nSPS) is 12.6. The summed E-state index contributed by atoms with van der Waals surface area (Å²) in [5, 5.41) is 4.25. The van der Waals surface area contributed by atoms with Crippen LogP contribution in [0, 0.1) is 6.92 Å². The zero-order valence-electron chi connectivity index (χ0n) is 14.8. The molecule has 0 amide bonds. The number of benzene rings is 2. The van der Waals surface area contributed by atoms with Gasteiger partial charge < -0.3 is 19.0 Å². The van der Waals surface area contributed by atoms with Crippen LogP contribution in [0.5, 0.6) is 11.5 Å². The van der Waals surface area contributed by atoms with Gasteiger partial charge in [-0.3, -0.25) is 9.36 Å². The maximum Gasteiger partial charge on any atom is 0.329 e. The van der Waals surface area contributed by atoms with Gasteiger partial charge in [0.15, 0.2) is 11.5 Å². The molecule has 2 aromatic carbocycles. The molecule has 2 aromatic heterocycles. The second-order valence-electron chi connectivity index (χ2n) is 6.45. The Labute approximate surface area is 157 Å². The number of fused-ring (bicyclic) bond motifs is 2. The Hall–Kier alpha value is -3.88. The molecule has 9 nitrogen and oxygen atoms in total. The molecule has 0 saturated heterocycles. The molecule has 0 aliphatic carbocycles. The Balaban J connectivity index is 1.55. The van der Waals surface area contributed by atoms with Crippen molar-refractivity contribution in [1.29, 1.82) is 0 Å². The number of rotatable bonds is 3. The van der Waals surface area contributed by atoms with E-state index in [1.165, 1.54) is 0 Å². The van der Waals surface area contributed by atoms with Crippen molar-refractivity contribution >= 4 is 10.9 Å². The molecule has 9 heteroatoms. The fourth-order valence-corrected chi connectivity index (χ4v) is 3.14. The van der Waals surface area contributed by atoms with Gasteiger partial charge in [0.1, 0.15) is 6.54 Å². The van der Waals surface area contributed by atoms with Crippen LogP contribution in [-0.4, -0.2) is 26.5 Å². The molecule has 140 valence electrons. The van der Waals surface area contributed by atoms with Gasteiger partial charge in [0.05, 0.1) is 10.9 Å². The lowest BCUT2D eigenvalue weighted by Crippen LogP contribution is -2.35. The highest BCUT2D eigenvalue weighted by Crippen LogP contribution is 2.34. The van der Waals surface area contributed by atoms with Crippen molar-refractivity contribution in [2.24, 2.45) is 0 Å². The van der Waals surface area contributed by atoms with Crippen LogP contribution in [-0.2, 0) is 6.54 Å². The van der Waals surface area contributed by atoms with Gasteiger partial charge in [-0.05, 0) is 19.1 Å². The smallest absolute Gasteiger partial charge is 0.329 e. The average Bonchev–Trinajstić information content (AvgIpc) is 3.33. The van der Waals surface area contributed by atoms with Crippen molar-refractivity contribution in [2.75, 3.05) is 6.79 Å². The molecule has 1 aliphatic heterocycles. The predicted molar refractivity (Wildman–Crippen MR) is 98.5 cm³/mol. The Morgan fingerprint density at radius 1 is 1.14 bits per heavy atom. The lowest BCUT2D eigenvalue weighted by atomic mass is 10.1. The van der Waals surface area contributed by atoms with E-state index in [4.69, 9.17) is 14.0 Å². The minimum absolute atomic E-state index is 0.0772. The van der Waals surface area contributed by atoms with E-state index in [1.807, 2.05) is 31.2 Å². The van der Waals surface area contributed by atoms with E-state index in [1.54, 1.807) is 12.1 Å². The Morgan fingerprint density at radius 2 is 1.96 bits per heavy atom. The largest absolute Gasteiger partial charge is 0.454 e. The Bertz CT molecular complexity index is 1330. The summed E-state index contributed by atoms with van der Waals surface area (Å²) in [6.07, 6.45) is 0. The molecule has 0 bridgehead atoms. The Kier molecular flexibility index (Phi) is 3.54. The van der Waals surface area contributed by atoms with E-state index in [-0.39, 0.29) is 19.2 Å². The lowest BCUT2D eigenvalue weighted by molar-refractivity contribution is 0.174. The number of hydrogen-bond acceptors (Lipinski definition) is 7. The molecule has 1 N–H and O–H groups in total. The van der Waals surface area contributed by atoms with E-state index < -0.39 is 11.2 Å². The molecule has 3 heterocycles. The summed E-state index contributed by atoms with van der Waals surface area (Å²) >= 11 is 0. The summed E-state index contributed by atoms with van der Waals surface area (Å²) in [5.74, 6) is 1.50. The van der Waals surface area contributed by atoms with Gasteiger partial charge in [0.2, 0.25) is 18.5 Å². The van der Waals surface area contributed by atoms with Crippen LogP contribution in [0.3, 0.4) is 0 Å². The third kappa shape index (κ3) is 2.64. The molecule has 5 rings (SSSR count). The van der Waals surface area contributed by atoms with Gasteiger partial charge in [0.25, 0.3) is 5.56 Å². The van der Waals surface area contributed by atoms with Crippen molar-refractivity contribution in [3.8, 4) is 22.9 Å². The topological polar surface area (TPSA) is 112 Å². The van der Waals surface area contributed by atoms with E-state index >= 15 is 0 Å². The fourth-order valence-electron chi connectivity index (χ4n) is 3.14. The summed E-state index contributed by atoms with van der Waals surface area (Å²) in [7, 11) is 0. The fraction of sp³-hybridized carbons (Fsp3) is 0.158. The van der Waals surface area contributed by atoms with Crippen molar-refractivity contribution in [3.63, 3.8) is 0 Å². The first-order valence-corrected chi connectivity index (χ1v) is 8.54. The van der Waals surface area contributed by atoms with E-state index in [0.29, 0.717) is 28.2 Å². The second-order valence-corrected chi connectivity index (χ2v) is 6.45. The van der Waals surface area contributed by atoms with Crippen molar-refractivity contribution < 1.29 is 14.0 Å². The van der Waals surface area contributed by atoms with Crippen molar-refractivity contribution in [2.45, 2.75) is 13.5 Å². The average molecular weight is 378 g/mol. The highest BCUT2D eigenvalue weighted by Gasteiger charge is 2.19. The minimum atomic E-state index is -0.577. The van der Waals surface area contributed by atoms with Crippen LogP contribution in [0.4, 0.5) is 0 Å². The first-order chi connectivity index (χ1) is 13.6. The summed E-state index contributed by atoms with van der Waals surface area (Å²) in [5.41, 5.74) is 1.17. The van der Waals surface area contributed by atoms with Gasteiger partial charge in [-0.25, -0.2) is 4.79 Å². The van der Waals surface area contributed by atoms with Crippen LogP contribution in [0.1, 0.15) is 11.5 Å². The molecule has 4 aromatic rings. The summed E-state index contributed by atoms with van der Waals surface area (Å²) in [6.45, 7) is 1.90. The van der Waals surface area contributed by atoms with Crippen LogP contribution < -0.4 is 20.7 Å². The highest BCUT2D eigenvalue weighted by atomic mass is 16.7. The highest BCUT2D eigenvalue weighted by molar-refractivity contribution is 5.81. The third-order valence-corrected chi connectivity index (χ3v) is 4.51. The van der Waals surface area contributed by atoms with Crippen LogP contribution in [0.2, 0.25) is 0 Å². The van der Waals surface area contributed by atoms with E-state index in [0.717, 1.165) is 15.7 Å². The van der Waals surface area contributed by atoms with E-state index in [9.17, 15) is 9.59 Å². The minimum Gasteiger partial charge on any atom is -0.454 e. The second kappa shape index (κ2) is 6.08. The molecule has 0 saturated carbocycles. The number of aryl methyl sites for hydroxylation is 1. The molecule has 1 aliphatic rings. The molecule has 28 heavy (non-hydrogen) atoms. The summed E-state index contributed by atoms with van der Waals surface area (Å²) in [6, 6.07) is 10.8. The quantitative estimate of drug-likeness (QED) is 0.579. The number of H-pyrrole nitrogens is 1. The number of aromatic amines is 1. The van der Waals surface area contributed by atoms with Gasteiger partial charge >= 0.3 is 5.69 Å². The number of aromatic nitrogens is 4. The molecule has 0 fully saturated rings. The van der Waals surface area contributed by atoms with Gasteiger partial charge in [0, 0.05) is 11.6 Å². The maximum absolute atomic E-state index is 12.8. The zero-order valence-corrected chi connectivity index (χ0v) is 14.8. The molecule has 0 atom stereocenters. The number of hydrogen-bond donors (Lipinski definition) is 1. The van der Waals surface area contributed by atoms with E-state index in [2.05, 4.69) is 15.1 Å². The summed E-state index contributed by atoms with van der Waals surface area (Å²) < 4.78 is 16.8. The number of ether oxygens (including phenoxy) is 2. The molecule has 0 radical (unpaired) electrons. The standard InChI is InChI=1S/C19H14N4O5/c1-10-3-2-4-11(5-10)17-21-16(28-22-17)8-23-18(24)12-6-14-15(27-9-26-14)7-13(12)20-19(23)25/h2-7H,8-9H2,1H3,(H,20,25). The first kappa shape index (κ1) is 16.3. The summed E-state index contributed by atoms with van der Waals surface area (Å²) in [4.78, 5) is 32.2. The van der Waals surface area contributed by atoms with Crippen molar-refractivity contribution in [3.05, 3.63) is 68.7 Å². The molecular formula is C19H14N4O5. The van der Waals surface area contributed by atoms with Crippen molar-refractivity contribution in [1.82, 2.24) is 19.7 Å². The zero-order chi connectivity index (χ0) is 19.3. The molecule has 0 spiro atoms. The van der Waals surface area contributed by atoms with Gasteiger partial charge in [-0.1, -0.05) is 28.9 Å². The number of nitrogens with zero attached hydrogens (tertiary/aromatic N) is 3. The third-order valence-electron chi connectivity index (χ3n) is 4.51. The first-order valence-electron chi connectivity index (χ1n) is 8.54. The van der Waals surface area contributed by atoms with Crippen LogP contribution in [0.25, 0.3) is 22.3 Å². The predicted octanol–water partition coefficient (Wildman–Crippen LogP) is 1.83. The monoisotopic (exact) mass is 378 g/mol.